The molecule has 132 valence electrons. The summed E-state index contributed by atoms with van der Waals surface area (Å²) in [5, 5.41) is 2.74. The van der Waals surface area contributed by atoms with Gasteiger partial charge in [0.25, 0.3) is 5.91 Å². The van der Waals surface area contributed by atoms with Crippen molar-refractivity contribution in [1.82, 2.24) is 10.2 Å². The number of amides is 2. The summed E-state index contributed by atoms with van der Waals surface area (Å²) < 4.78 is 37.3. The fraction of sp³-hybridized carbons (Fsp3) is 0.500. The number of hydrogen-bond donors (Lipinski definition) is 2. The van der Waals surface area contributed by atoms with E-state index in [1.165, 1.54) is 29.2 Å². The number of nitrogens with two attached hydrogens (primary N) is 1. The number of hydrogen-bond acceptors (Lipinski definition) is 3. The van der Waals surface area contributed by atoms with Gasteiger partial charge in [-0.1, -0.05) is 0 Å². The Labute approximate surface area is 138 Å². The molecule has 0 bridgehead atoms. The van der Waals surface area contributed by atoms with E-state index in [0.717, 1.165) is 6.42 Å². The fourth-order valence-corrected chi connectivity index (χ4v) is 2.84. The summed E-state index contributed by atoms with van der Waals surface area (Å²) in [7, 11) is 0. The Hall–Kier alpha value is -2.09. The highest BCUT2D eigenvalue weighted by atomic mass is 19.4. The van der Waals surface area contributed by atoms with Crippen molar-refractivity contribution in [3.8, 4) is 0 Å². The highest BCUT2D eigenvalue weighted by Gasteiger charge is 2.33. The van der Waals surface area contributed by atoms with Gasteiger partial charge in [0, 0.05) is 24.2 Å². The molecule has 0 saturated carbocycles. The van der Waals surface area contributed by atoms with Gasteiger partial charge in [0.1, 0.15) is 0 Å². The molecule has 1 aromatic rings. The van der Waals surface area contributed by atoms with Crippen LogP contribution in [-0.2, 0) is 0 Å². The van der Waals surface area contributed by atoms with Crippen LogP contribution in [0, 0.1) is 5.92 Å². The summed E-state index contributed by atoms with van der Waals surface area (Å²) in [4.78, 5) is 24.4. The number of halogens is 3. The minimum Gasteiger partial charge on any atom is -0.366 e. The van der Waals surface area contributed by atoms with E-state index in [1.54, 1.807) is 0 Å². The number of nitrogens with one attached hydrogen (secondary N) is 1. The second-order valence-electron chi connectivity index (χ2n) is 6.01. The third kappa shape index (κ3) is 5.52. The van der Waals surface area contributed by atoms with E-state index in [9.17, 15) is 22.8 Å². The van der Waals surface area contributed by atoms with E-state index in [1.807, 2.05) is 0 Å². The van der Waals surface area contributed by atoms with Gasteiger partial charge in [0.15, 0.2) is 0 Å². The van der Waals surface area contributed by atoms with Crippen molar-refractivity contribution in [2.24, 2.45) is 11.7 Å². The molecule has 1 aromatic carbocycles. The number of carbonyl (C=O) groups excluding carboxylic acids is 2. The molecule has 24 heavy (non-hydrogen) atoms. The maximum atomic E-state index is 12.4. The number of carbonyl (C=O) groups is 2. The zero-order valence-corrected chi connectivity index (χ0v) is 13.1. The number of primary amides is 1. The highest BCUT2D eigenvalue weighted by Crippen LogP contribution is 2.22. The smallest absolute Gasteiger partial charge is 0.366 e. The van der Waals surface area contributed by atoms with Gasteiger partial charge in [0.2, 0.25) is 5.91 Å². The largest absolute Gasteiger partial charge is 0.401 e. The van der Waals surface area contributed by atoms with Crippen molar-refractivity contribution in [2.75, 3.05) is 26.2 Å². The molecule has 1 aliphatic rings. The first-order chi connectivity index (χ1) is 11.2. The second-order valence-corrected chi connectivity index (χ2v) is 6.01. The lowest BCUT2D eigenvalue weighted by Gasteiger charge is -2.33. The van der Waals surface area contributed by atoms with Crippen LogP contribution in [0.5, 0.6) is 0 Å². The molecule has 8 heteroatoms. The summed E-state index contributed by atoms with van der Waals surface area (Å²) in [6, 6.07) is 5.91. The average molecular weight is 343 g/mol. The van der Waals surface area contributed by atoms with Gasteiger partial charge in [-0.2, -0.15) is 13.2 Å². The van der Waals surface area contributed by atoms with Crippen LogP contribution >= 0.6 is 0 Å². The minimum absolute atomic E-state index is 0.00468. The van der Waals surface area contributed by atoms with Crippen LogP contribution in [0.4, 0.5) is 13.2 Å². The normalized spacial score (nSPS) is 19.0. The summed E-state index contributed by atoms with van der Waals surface area (Å²) in [5.41, 5.74) is 5.81. The minimum atomic E-state index is -4.20. The summed E-state index contributed by atoms with van der Waals surface area (Å²) in [6.07, 6.45) is -2.73. The molecule has 5 nitrogen and oxygen atoms in total. The number of alkyl halides is 3. The van der Waals surface area contributed by atoms with E-state index in [2.05, 4.69) is 5.32 Å². The topological polar surface area (TPSA) is 75.4 Å². The van der Waals surface area contributed by atoms with Crippen LogP contribution in [0.2, 0.25) is 0 Å². The molecule has 2 amide bonds. The van der Waals surface area contributed by atoms with Gasteiger partial charge < -0.3 is 11.1 Å². The van der Waals surface area contributed by atoms with Gasteiger partial charge >= 0.3 is 6.18 Å². The summed E-state index contributed by atoms with van der Waals surface area (Å²) >= 11 is 0. The van der Waals surface area contributed by atoms with Crippen LogP contribution in [0.15, 0.2) is 24.3 Å². The Morgan fingerprint density at radius 2 is 1.83 bits per heavy atom. The first kappa shape index (κ1) is 18.3. The zero-order valence-electron chi connectivity index (χ0n) is 13.1. The molecule has 0 aromatic heterocycles. The summed E-state index contributed by atoms with van der Waals surface area (Å²) in [5.74, 6) is -0.900. The number of piperidine rings is 1. The Balaban J connectivity index is 1.83. The molecular weight excluding hydrogens is 323 g/mol. The summed E-state index contributed by atoms with van der Waals surface area (Å²) in [6.45, 7) is 0.162. The molecule has 1 atom stereocenters. The lowest BCUT2D eigenvalue weighted by Crippen LogP contribution is -2.44. The zero-order chi connectivity index (χ0) is 17.7. The molecule has 0 spiro atoms. The van der Waals surface area contributed by atoms with Crippen molar-refractivity contribution in [3.63, 3.8) is 0 Å². The number of benzene rings is 1. The molecule has 1 fully saturated rings. The van der Waals surface area contributed by atoms with Gasteiger partial charge in [0.05, 0.1) is 6.54 Å². The third-order valence-electron chi connectivity index (χ3n) is 3.99. The molecule has 1 saturated heterocycles. The molecule has 3 N–H and O–H groups in total. The van der Waals surface area contributed by atoms with Gasteiger partial charge in [-0.25, -0.2) is 0 Å². The molecule has 1 aliphatic heterocycles. The quantitative estimate of drug-likeness (QED) is 0.856. The van der Waals surface area contributed by atoms with E-state index >= 15 is 0 Å². The van der Waals surface area contributed by atoms with Crippen LogP contribution in [-0.4, -0.2) is 49.1 Å². The molecule has 0 aliphatic carbocycles. The maximum absolute atomic E-state index is 12.4. The van der Waals surface area contributed by atoms with Gasteiger partial charge in [-0.3, -0.25) is 14.5 Å². The van der Waals surface area contributed by atoms with Crippen LogP contribution < -0.4 is 11.1 Å². The van der Waals surface area contributed by atoms with Crippen molar-refractivity contribution >= 4 is 11.8 Å². The number of nitrogens with zero attached hydrogens (tertiary/aromatic N) is 1. The molecule has 1 heterocycles. The first-order valence-corrected chi connectivity index (χ1v) is 7.72. The first-order valence-electron chi connectivity index (χ1n) is 7.72. The van der Waals surface area contributed by atoms with E-state index in [-0.39, 0.29) is 11.8 Å². The number of rotatable bonds is 5. The van der Waals surface area contributed by atoms with E-state index < -0.39 is 18.6 Å². The standard InChI is InChI=1S/C16H20F3N3O2/c17-16(18,19)10-22-7-1-2-11(9-22)8-21-15(24)13-5-3-12(4-6-13)14(20)23/h3-6,11H,1-2,7-10H2,(H2,20,23)(H,21,24). The highest BCUT2D eigenvalue weighted by molar-refractivity contribution is 5.97. The van der Waals surface area contributed by atoms with E-state index in [0.29, 0.717) is 37.2 Å². The van der Waals surface area contributed by atoms with Crippen molar-refractivity contribution in [1.29, 1.82) is 0 Å². The fourth-order valence-electron chi connectivity index (χ4n) is 2.84. The molecule has 0 radical (unpaired) electrons. The maximum Gasteiger partial charge on any atom is 0.401 e. The SMILES string of the molecule is NC(=O)c1ccc(C(=O)NCC2CCCN(CC(F)(F)F)C2)cc1. The molecule has 2 rings (SSSR count). The van der Waals surface area contributed by atoms with E-state index in [4.69, 9.17) is 5.73 Å². The average Bonchev–Trinajstić information content (AvgIpc) is 2.51. The van der Waals surface area contributed by atoms with Crippen molar-refractivity contribution in [2.45, 2.75) is 19.0 Å². The Morgan fingerprint density at radius 1 is 1.21 bits per heavy atom. The number of likely N-dealkylation sites (tertiary alicyclic amines) is 1. The Bertz CT molecular complexity index is 587. The Kier molecular flexibility index (Phi) is 5.82. The molecule has 1 unspecified atom stereocenters. The predicted octanol–water partition coefficient (Wildman–Crippen LogP) is 1.79. The monoisotopic (exact) mass is 343 g/mol. The lowest BCUT2D eigenvalue weighted by molar-refractivity contribution is -0.149. The van der Waals surface area contributed by atoms with Crippen LogP contribution in [0.3, 0.4) is 0 Å². The predicted molar refractivity (Wildman–Crippen MR) is 82.5 cm³/mol. The molecular formula is C16H20F3N3O2. The van der Waals surface area contributed by atoms with Crippen LogP contribution in [0.25, 0.3) is 0 Å². The Morgan fingerprint density at radius 3 is 2.42 bits per heavy atom. The lowest BCUT2D eigenvalue weighted by atomic mass is 9.98. The van der Waals surface area contributed by atoms with Crippen molar-refractivity contribution < 1.29 is 22.8 Å². The second kappa shape index (κ2) is 7.65. The third-order valence-corrected chi connectivity index (χ3v) is 3.99. The van der Waals surface area contributed by atoms with Gasteiger partial charge in [-0.05, 0) is 49.6 Å². The van der Waals surface area contributed by atoms with Crippen molar-refractivity contribution in [3.05, 3.63) is 35.4 Å². The van der Waals surface area contributed by atoms with Crippen LogP contribution in [0.1, 0.15) is 33.6 Å². The van der Waals surface area contributed by atoms with Gasteiger partial charge in [-0.15, -0.1) is 0 Å².